The first kappa shape index (κ1) is 20.8. The van der Waals surface area contributed by atoms with Crippen molar-refractivity contribution in [3.63, 3.8) is 0 Å². The highest BCUT2D eigenvalue weighted by Gasteiger charge is 2.18. The molecule has 30 heavy (non-hydrogen) atoms. The van der Waals surface area contributed by atoms with Gasteiger partial charge in [0.1, 0.15) is 9.53 Å². The van der Waals surface area contributed by atoms with Gasteiger partial charge in [-0.1, -0.05) is 42.4 Å². The van der Waals surface area contributed by atoms with E-state index in [9.17, 15) is 9.59 Å². The Morgan fingerprint density at radius 1 is 1.27 bits per heavy atom. The largest absolute Gasteiger partial charge is 0.355 e. The summed E-state index contributed by atoms with van der Waals surface area (Å²) in [5, 5.41) is 4.86. The molecule has 0 atom stereocenters. The number of carbonyl (C=O) groups excluding carboxylic acids is 1. The molecule has 6 nitrogen and oxygen atoms in total. The minimum atomic E-state index is -0.130. The molecule has 4 aromatic rings. The molecule has 0 bridgehead atoms. The molecular weight excluding hydrogens is 440 g/mol. The lowest BCUT2D eigenvalue weighted by Gasteiger charge is -2.12. The summed E-state index contributed by atoms with van der Waals surface area (Å²) >= 11 is 8.60. The van der Waals surface area contributed by atoms with Crippen LogP contribution in [-0.2, 0) is 11.3 Å². The van der Waals surface area contributed by atoms with Crippen molar-refractivity contribution in [1.82, 2.24) is 19.9 Å². The fourth-order valence-corrected chi connectivity index (χ4v) is 4.99. The number of hydrogen-bond donors (Lipinski definition) is 1. The fourth-order valence-electron chi connectivity index (χ4n) is 3.01. The summed E-state index contributed by atoms with van der Waals surface area (Å²) in [7, 11) is 0. The molecule has 0 aliphatic rings. The zero-order valence-electron chi connectivity index (χ0n) is 16.2. The van der Waals surface area contributed by atoms with Crippen LogP contribution in [0.1, 0.15) is 18.9 Å². The van der Waals surface area contributed by atoms with Crippen LogP contribution in [0.3, 0.4) is 0 Å². The quantitative estimate of drug-likeness (QED) is 0.329. The van der Waals surface area contributed by atoms with Crippen molar-refractivity contribution >= 4 is 61.0 Å². The second-order valence-electron chi connectivity index (χ2n) is 6.69. The van der Waals surface area contributed by atoms with Crippen LogP contribution in [-0.4, -0.2) is 32.7 Å². The lowest BCUT2D eigenvalue weighted by Crippen LogP contribution is -2.27. The summed E-state index contributed by atoms with van der Waals surface area (Å²) in [5.74, 6) is 0.116. The smallest absolute Gasteiger partial charge is 0.272 e. The maximum Gasteiger partial charge on any atom is 0.272 e. The molecule has 4 rings (SSSR count). The Morgan fingerprint density at radius 3 is 2.83 bits per heavy atom. The molecule has 0 saturated carbocycles. The van der Waals surface area contributed by atoms with E-state index in [-0.39, 0.29) is 17.2 Å². The molecule has 0 unspecified atom stereocenters. The van der Waals surface area contributed by atoms with Crippen LogP contribution in [0.2, 0.25) is 5.02 Å². The van der Waals surface area contributed by atoms with Crippen molar-refractivity contribution in [2.24, 2.45) is 0 Å². The monoisotopic (exact) mass is 458 g/mol. The number of rotatable bonds is 7. The molecule has 154 valence electrons. The Hall–Kier alpha value is -2.42. The zero-order chi connectivity index (χ0) is 21.1. The third-order valence-electron chi connectivity index (χ3n) is 4.48. The SMILES string of the molecule is CCCNC(=O)CSc1nc2c(sc3ncccc32)c(=O)n1Cc1ccc(Cl)cc1. The Morgan fingerprint density at radius 2 is 2.07 bits per heavy atom. The van der Waals surface area contributed by atoms with Crippen LogP contribution in [0.15, 0.2) is 52.5 Å². The first-order valence-corrected chi connectivity index (χ1v) is 11.7. The lowest BCUT2D eigenvalue weighted by atomic mass is 10.2. The van der Waals surface area contributed by atoms with Gasteiger partial charge in [0.05, 0.1) is 17.8 Å². The van der Waals surface area contributed by atoms with E-state index in [2.05, 4.69) is 10.3 Å². The molecule has 1 N–H and O–H groups in total. The van der Waals surface area contributed by atoms with Crippen molar-refractivity contribution in [3.8, 4) is 0 Å². The topological polar surface area (TPSA) is 76.9 Å². The first-order valence-electron chi connectivity index (χ1n) is 9.49. The van der Waals surface area contributed by atoms with E-state index in [4.69, 9.17) is 16.6 Å². The van der Waals surface area contributed by atoms with Crippen LogP contribution in [0.5, 0.6) is 0 Å². The lowest BCUT2D eigenvalue weighted by molar-refractivity contribution is -0.118. The van der Waals surface area contributed by atoms with E-state index in [1.807, 2.05) is 31.2 Å². The first-order chi connectivity index (χ1) is 14.6. The summed E-state index contributed by atoms with van der Waals surface area (Å²) in [6.07, 6.45) is 2.58. The van der Waals surface area contributed by atoms with E-state index in [0.717, 1.165) is 22.2 Å². The molecule has 1 aromatic carbocycles. The Bertz CT molecular complexity index is 1270. The number of hydrogen-bond acceptors (Lipinski definition) is 6. The van der Waals surface area contributed by atoms with Gasteiger partial charge in [-0.3, -0.25) is 14.2 Å². The number of thioether (sulfide) groups is 1. The van der Waals surface area contributed by atoms with Gasteiger partial charge in [0.2, 0.25) is 5.91 Å². The summed E-state index contributed by atoms with van der Waals surface area (Å²) in [4.78, 5) is 35.4. The Labute approximate surface area is 186 Å². The van der Waals surface area contributed by atoms with Gasteiger partial charge in [0.15, 0.2) is 5.16 Å². The van der Waals surface area contributed by atoms with E-state index in [1.165, 1.54) is 23.1 Å². The summed E-state index contributed by atoms with van der Waals surface area (Å²) in [6.45, 7) is 2.98. The van der Waals surface area contributed by atoms with Crippen LogP contribution < -0.4 is 10.9 Å². The van der Waals surface area contributed by atoms with E-state index >= 15 is 0 Å². The molecular formula is C21H19ClN4O2S2. The molecule has 0 aliphatic carbocycles. The normalized spacial score (nSPS) is 11.3. The van der Waals surface area contributed by atoms with E-state index < -0.39 is 0 Å². The fraction of sp³-hybridized carbons (Fsp3) is 0.238. The summed E-state index contributed by atoms with van der Waals surface area (Å²) in [6, 6.07) is 11.1. The summed E-state index contributed by atoms with van der Waals surface area (Å²) < 4.78 is 2.19. The van der Waals surface area contributed by atoms with Gasteiger partial charge in [0.25, 0.3) is 5.56 Å². The van der Waals surface area contributed by atoms with Crippen molar-refractivity contribution in [1.29, 1.82) is 0 Å². The number of thiophene rings is 1. The molecule has 0 spiro atoms. The van der Waals surface area contributed by atoms with Gasteiger partial charge in [-0.25, -0.2) is 9.97 Å². The molecule has 9 heteroatoms. The van der Waals surface area contributed by atoms with Crippen molar-refractivity contribution in [2.75, 3.05) is 12.3 Å². The molecule has 3 aromatic heterocycles. The highest BCUT2D eigenvalue weighted by molar-refractivity contribution is 7.99. The van der Waals surface area contributed by atoms with Crippen molar-refractivity contribution in [3.05, 3.63) is 63.5 Å². The summed E-state index contributed by atoms with van der Waals surface area (Å²) in [5.41, 5.74) is 1.44. The Balaban J connectivity index is 1.78. The van der Waals surface area contributed by atoms with Gasteiger partial charge in [0, 0.05) is 23.2 Å². The van der Waals surface area contributed by atoms with Crippen LogP contribution in [0.25, 0.3) is 20.4 Å². The number of halogens is 1. The minimum absolute atomic E-state index is 0.0777. The molecule has 0 saturated heterocycles. The van der Waals surface area contributed by atoms with Crippen molar-refractivity contribution in [2.45, 2.75) is 25.0 Å². The third kappa shape index (κ3) is 4.35. The van der Waals surface area contributed by atoms with Gasteiger partial charge < -0.3 is 5.32 Å². The van der Waals surface area contributed by atoms with E-state index in [1.54, 1.807) is 22.9 Å². The highest BCUT2D eigenvalue weighted by atomic mass is 35.5. The van der Waals surface area contributed by atoms with E-state index in [0.29, 0.717) is 33.5 Å². The number of pyridine rings is 1. The number of nitrogens with one attached hydrogen (secondary N) is 1. The number of carbonyl (C=O) groups is 1. The maximum atomic E-state index is 13.4. The van der Waals surface area contributed by atoms with Gasteiger partial charge in [-0.2, -0.15) is 0 Å². The number of benzene rings is 1. The van der Waals surface area contributed by atoms with Crippen molar-refractivity contribution < 1.29 is 4.79 Å². The minimum Gasteiger partial charge on any atom is -0.355 e. The molecule has 0 fully saturated rings. The molecule has 1 amide bonds. The van der Waals surface area contributed by atoms with Crippen LogP contribution >= 0.6 is 34.7 Å². The standard InChI is InChI=1S/C21H19ClN4O2S2/c1-2-9-23-16(27)12-29-21-25-17-15-4-3-10-24-19(15)30-18(17)20(28)26(21)11-13-5-7-14(22)8-6-13/h3-8,10H,2,9,11-12H2,1H3,(H,23,27). The average Bonchev–Trinajstić information content (AvgIpc) is 3.13. The van der Waals surface area contributed by atoms with Gasteiger partial charge in [-0.05, 0) is 36.2 Å². The van der Waals surface area contributed by atoms with Crippen LogP contribution in [0, 0.1) is 0 Å². The second-order valence-corrected chi connectivity index (χ2v) is 9.06. The van der Waals surface area contributed by atoms with Gasteiger partial charge >= 0.3 is 0 Å². The zero-order valence-corrected chi connectivity index (χ0v) is 18.6. The number of amides is 1. The van der Waals surface area contributed by atoms with Gasteiger partial charge in [-0.15, -0.1) is 11.3 Å². The number of nitrogens with zero attached hydrogens (tertiary/aromatic N) is 3. The molecule has 0 aliphatic heterocycles. The van der Waals surface area contributed by atoms with Crippen LogP contribution in [0.4, 0.5) is 0 Å². The average molecular weight is 459 g/mol. The predicted molar refractivity (Wildman–Crippen MR) is 124 cm³/mol. The Kier molecular flexibility index (Phi) is 6.36. The maximum absolute atomic E-state index is 13.4. The highest BCUT2D eigenvalue weighted by Crippen LogP contribution is 2.30. The molecule has 3 heterocycles. The number of fused-ring (bicyclic) bond motifs is 3. The second kappa shape index (κ2) is 9.16. The number of aromatic nitrogens is 3. The predicted octanol–water partition coefficient (Wildman–Crippen LogP) is 4.33. The molecule has 0 radical (unpaired) electrons. The third-order valence-corrected chi connectivity index (χ3v) is 6.80.